The first kappa shape index (κ1) is 20.7. The molecule has 0 aromatic carbocycles. The fourth-order valence-corrected chi connectivity index (χ4v) is 5.37. The van der Waals surface area contributed by atoms with Gasteiger partial charge in [0.1, 0.15) is 8.07 Å². The van der Waals surface area contributed by atoms with Crippen LogP contribution in [0.2, 0.25) is 19.6 Å². The largest absolute Gasteiger partial charge is 0.396 e. The number of hydrogen-bond acceptors (Lipinski definition) is 2. The van der Waals surface area contributed by atoms with E-state index in [1.165, 1.54) is 12.0 Å². The minimum atomic E-state index is -1.34. The molecule has 0 aromatic rings. The lowest BCUT2D eigenvalue weighted by molar-refractivity contribution is -0.0135. The molecule has 25 heavy (non-hydrogen) atoms. The van der Waals surface area contributed by atoms with Crippen LogP contribution in [0, 0.1) is 41.1 Å². The summed E-state index contributed by atoms with van der Waals surface area (Å²) in [6.45, 7) is 16.4. The Kier molecular flexibility index (Phi) is 6.99. The number of hydrogen-bond donors (Lipinski definition) is 1. The molecule has 1 unspecified atom stereocenters. The van der Waals surface area contributed by atoms with Crippen LogP contribution in [0.25, 0.3) is 0 Å². The van der Waals surface area contributed by atoms with Gasteiger partial charge in [0.2, 0.25) is 0 Å². The standard InChI is InChI=1S/C22H38O2Si/c1-15(2)18-11-10-16(3)20-19(9-8-14-25(5,6)7)24-22(21(18)20)17(4)12-13-23/h10,15,17-23H,9,11-13H2,1-7H3/t17?,18-,19-,20-,21-,22+/m1/s1. The van der Waals surface area contributed by atoms with E-state index in [2.05, 4.69) is 64.9 Å². The average Bonchev–Trinajstić information content (AvgIpc) is 2.87. The minimum Gasteiger partial charge on any atom is -0.396 e. The molecule has 0 bridgehead atoms. The molecule has 1 N–H and O–H groups in total. The third-order valence-corrected chi connectivity index (χ3v) is 6.95. The molecule has 2 nitrogen and oxygen atoms in total. The van der Waals surface area contributed by atoms with Crippen molar-refractivity contribution >= 4 is 8.07 Å². The summed E-state index contributed by atoms with van der Waals surface area (Å²) in [7, 11) is -1.34. The van der Waals surface area contributed by atoms with Gasteiger partial charge in [-0.2, -0.15) is 0 Å². The van der Waals surface area contributed by atoms with Crippen LogP contribution in [-0.2, 0) is 4.74 Å². The van der Waals surface area contributed by atoms with Crippen LogP contribution >= 0.6 is 0 Å². The Balaban J connectivity index is 2.28. The summed E-state index contributed by atoms with van der Waals surface area (Å²) in [4.78, 5) is 0. The fourth-order valence-electron chi connectivity index (χ4n) is 4.74. The van der Waals surface area contributed by atoms with Gasteiger partial charge in [0.05, 0.1) is 12.2 Å². The van der Waals surface area contributed by atoms with Gasteiger partial charge in [0, 0.05) is 18.9 Å². The third-order valence-electron chi connectivity index (χ3n) is 6.03. The minimum absolute atomic E-state index is 0.220. The maximum atomic E-state index is 9.43. The van der Waals surface area contributed by atoms with Crippen molar-refractivity contribution in [2.24, 2.45) is 29.6 Å². The van der Waals surface area contributed by atoms with Gasteiger partial charge >= 0.3 is 0 Å². The van der Waals surface area contributed by atoms with E-state index in [0.29, 0.717) is 29.6 Å². The second kappa shape index (κ2) is 8.42. The molecule has 1 fully saturated rings. The summed E-state index contributed by atoms with van der Waals surface area (Å²) < 4.78 is 6.65. The zero-order valence-corrected chi connectivity index (χ0v) is 18.3. The number of aliphatic hydroxyl groups is 1. The summed E-state index contributed by atoms with van der Waals surface area (Å²) in [6, 6.07) is 0. The van der Waals surface area contributed by atoms with Crippen molar-refractivity contribution in [2.75, 3.05) is 6.61 Å². The van der Waals surface area contributed by atoms with E-state index in [-0.39, 0.29) is 18.8 Å². The van der Waals surface area contributed by atoms with E-state index in [9.17, 15) is 5.11 Å². The zero-order chi connectivity index (χ0) is 18.8. The molecule has 3 heteroatoms. The molecule has 2 aliphatic rings. The molecule has 0 radical (unpaired) electrons. The summed E-state index contributed by atoms with van der Waals surface area (Å²) >= 11 is 0. The van der Waals surface area contributed by atoms with Crippen molar-refractivity contribution in [1.82, 2.24) is 0 Å². The van der Waals surface area contributed by atoms with Gasteiger partial charge in [-0.25, -0.2) is 0 Å². The van der Waals surface area contributed by atoms with Crippen LogP contribution in [0.1, 0.15) is 47.0 Å². The maximum absolute atomic E-state index is 9.43. The van der Waals surface area contributed by atoms with E-state index in [4.69, 9.17) is 4.74 Å². The summed E-state index contributed by atoms with van der Waals surface area (Å²) in [5.41, 5.74) is 5.01. The van der Waals surface area contributed by atoms with E-state index in [0.717, 1.165) is 12.8 Å². The lowest BCUT2D eigenvalue weighted by Crippen LogP contribution is -2.38. The topological polar surface area (TPSA) is 29.5 Å². The zero-order valence-electron chi connectivity index (χ0n) is 17.3. The van der Waals surface area contributed by atoms with Crippen LogP contribution < -0.4 is 0 Å². The highest BCUT2D eigenvalue weighted by Gasteiger charge is 2.51. The molecule has 0 amide bonds. The van der Waals surface area contributed by atoms with E-state index in [1.54, 1.807) is 0 Å². The number of fused-ring (bicyclic) bond motifs is 1. The van der Waals surface area contributed by atoms with Crippen molar-refractivity contribution in [2.45, 2.75) is 78.8 Å². The maximum Gasteiger partial charge on any atom is 0.129 e. The molecule has 1 aliphatic heterocycles. The molecule has 0 aromatic heterocycles. The molecule has 0 spiro atoms. The Morgan fingerprint density at radius 1 is 1.28 bits per heavy atom. The van der Waals surface area contributed by atoms with Crippen molar-refractivity contribution in [3.8, 4) is 11.5 Å². The molecule has 1 aliphatic carbocycles. The van der Waals surface area contributed by atoms with Crippen molar-refractivity contribution in [3.05, 3.63) is 11.6 Å². The van der Waals surface area contributed by atoms with Gasteiger partial charge in [0.25, 0.3) is 0 Å². The lowest BCUT2D eigenvalue weighted by Gasteiger charge is -2.39. The van der Waals surface area contributed by atoms with Crippen LogP contribution in [0.15, 0.2) is 11.6 Å². The third kappa shape index (κ3) is 4.99. The summed E-state index contributed by atoms with van der Waals surface area (Å²) in [6.07, 6.45) is 5.78. The average molecular weight is 363 g/mol. The van der Waals surface area contributed by atoms with Crippen molar-refractivity contribution in [3.63, 3.8) is 0 Å². The Morgan fingerprint density at radius 3 is 2.52 bits per heavy atom. The Morgan fingerprint density at radius 2 is 1.96 bits per heavy atom. The monoisotopic (exact) mass is 362 g/mol. The van der Waals surface area contributed by atoms with E-state index in [1.807, 2.05) is 0 Å². The lowest BCUT2D eigenvalue weighted by atomic mass is 9.64. The Labute approximate surface area is 156 Å². The normalized spacial score (nSPS) is 33.5. The highest BCUT2D eigenvalue weighted by molar-refractivity contribution is 6.83. The van der Waals surface area contributed by atoms with Gasteiger partial charge in [-0.15, -0.1) is 11.5 Å². The smallest absolute Gasteiger partial charge is 0.129 e. The first-order chi connectivity index (χ1) is 11.7. The molecule has 142 valence electrons. The second-order valence-corrected chi connectivity index (χ2v) is 14.3. The van der Waals surface area contributed by atoms with Crippen molar-refractivity contribution < 1.29 is 9.84 Å². The highest BCUT2D eigenvalue weighted by atomic mass is 28.3. The SMILES string of the molecule is CC1=CC[C@H](C(C)C)[C@@H]2[C@H]1[C@@H](CC#C[Si](C)(C)C)O[C@H]2C(C)CCO. The molecule has 6 atom stereocenters. The van der Waals surface area contributed by atoms with Crippen LogP contribution in [0.5, 0.6) is 0 Å². The van der Waals surface area contributed by atoms with Gasteiger partial charge in [-0.05, 0) is 43.4 Å². The molecular formula is C22H38O2Si. The van der Waals surface area contributed by atoms with Gasteiger partial charge in [-0.1, -0.05) is 52.1 Å². The van der Waals surface area contributed by atoms with Crippen LogP contribution in [0.4, 0.5) is 0 Å². The Bertz CT molecular complexity index is 534. The highest BCUT2D eigenvalue weighted by Crippen LogP contribution is 2.51. The van der Waals surface area contributed by atoms with Crippen molar-refractivity contribution in [1.29, 1.82) is 0 Å². The number of rotatable bonds is 5. The fraction of sp³-hybridized carbons (Fsp3) is 0.818. The van der Waals surface area contributed by atoms with E-state index < -0.39 is 8.07 Å². The van der Waals surface area contributed by atoms with Gasteiger partial charge < -0.3 is 9.84 Å². The summed E-state index contributed by atoms with van der Waals surface area (Å²) in [5, 5.41) is 9.43. The number of ether oxygens (including phenoxy) is 1. The molecule has 1 saturated heterocycles. The summed E-state index contributed by atoms with van der Waals surface area (Å²) in [5.74, 6) is 6.29. The molecule has 0 saturated carbocycles. The van der Waals surface area contributed by atoms with Gasteiger partial charge in [0.15, 0.2) is 0 Å². The first-order valence-electron chi connectivity index (χ1n) is 10.1. The second-order valence-electron chi connectivity index (χ2n) is 9.58. The predicted octanol–water partition coefficient (Wildman–Crippen LogP) is 4.90. The predicted molar refractivity (Wildman–Crippen MR) is 109 cm³/mol. The molecular weight excluding hydrogens is 324 g/mol. The Hall–Kier alpha value is -0.563. The first-order valence-corrected chi connectivity index (χ1v) is 13.6. The van der Waals surface area contributed by atoms with Gasteiger partial charge in [-0.3, -0.25) is 0 Å². The molecule has 1 heterocycles. The quantitative estimate of drug-likeness (QED) is 0.428. The van der Waals surface area contributed by atoms with Crippen LogP contribution in [0.3, 0.4) is 0 Å². The number of aliphatic hydroxyl groups excluding tert-OH is 1. The van der Waals surface area contributed by atoms with E-state index >= 15 is 0 Å². The number of allylic oxidation sites excluding steroid dienone is 1. The van der Waals surface area contributed by atoms with Crippen LogP contribution in [-0.4, -0.2) is 32.0 Å². The molecule has 2 rings (SSSR count).